The molecule has 0 radical (unpaired) electrons. The summed E-state index contributed by atoms with van der Waals surface area (Å²) in [5.41, 5.74) is 7.13. The number of nitrogens with two attached hydrogens (primary N) is 1. The molecule has 0 unspecified atom stereocenters. The second-order valence-electron chi connectivity index (χ2n) is 5.50. The third-order valence-corrected chi connectivity index (χ3v) is 2.42. The molecule has 90 valence electrons. The van der Waals surface area contributed by atoms with Crippen LogP contribution in [0.3, 0.4) is 0 Å². The summed E-state index contributed by atoms with van der Waals surface area (Å²) < 4.78 is 0. The number of hydrogen-bond acceptors (Lipinski definition) is 1. The molecule has 1 nitrogen and oxygen atoms in total. The molecule has 16 heavy (non-hydrogen) atoms. The second-order valence-corrected chi connectivity index (χ2v) is 5.50. The number of hydrogen-bond donors (Lipinski definition) is 1. The van der Waals surface area contributed by atoms with Crippen molar-refractivity contribution < 1.29 is 0 Å². The van der Waals surface area contributed by atoms with E-state index in [0.29, 0.717) is 0 Å². The summed E-state index contributed by atoms with van der Waals surface area (Å²) in [6.45, 7) is 16.0. The monoisotopic (exact) mass is 219 g/mol. The summed E-state index contributed by atoms with van der Waals surface area (Å²) in [5, 5.41) is 0. The zero-order valence-corrected chi connectivity index (χ0v) is 11.1. The maximum absolute atomic E-state index is 6.07. The van der Waals surface area contributed by atoms with Crippen LogP contribution in [-0.4, -0.2) is 5.54 Å². The third kappa shape index (κ3) is 5.72. The maximum Gasteiger partial charge on any atom is 0.0105 e. The summed E-state index contributed by atoms with van der Waals surface area (Å²) in [6.07, 6.45) is 10.5. The highest BCUT2D eigenvalue weighted by atomic mass is 14.7. The predicted molar refractivity (Wildman–Crippen MR) is 74.3 cm³/mol. The molecule has 0 aromatic carbocycles. The van der Waals surface area contributed by atoms with E-state index in [1.807, 2.05) is 18.2 Å². The maximum atomic E-state index is 6.07. The van der Waals surface area contributed by atoms with Crippen molar-refractivity contribution in [3.05, 3.63) is 49.1 Å². The Balaban J connectivity index is 4.93. The van der Waals surface area contributed by atoms with Gasteiger partial charge in [0.2, 0.25) is 0 Å². The zero-order chi connectivity index (χ0) is 12.8. The lowest BCUT2D eigenvalue weighted by Gasteiger charge is -2.33. The molecule has 0 heterocycles. The molecule has 0 atom stereocenters. The van der Waals surface area contributed by atoms with E-state index < -0.39 is 0 Å². The van der Waals surface area contributed by atoms with Gasteiger partial charge in [-0.05, 0) is 31.3 Å². The molecule has 0 saturated carbocycles. The van der Waals surface area contributed by atoms with Crippen LogP contribution in [0.15, 0.2) is 49.1 Å². The van der Waals surface area contributed by atoms with E-state index in [0.717, 1.165) is 6.42 Å². The Bertz CT molecular complexity index is 298. The van der Waals surface area contributed by atoms with Crippen LogP contribution in [0.1, 0.15) is 34.1 Å². The Morgan fingerprint density at radius 1 is 1.12 bits per heavy atom. The highest BCUT2D eigenvalue weighted by Crippen LogP contribution is 2.34. The van der Waals surface area contributed by atoms with Gasteiger partial charge in [-0.15, -0.1) is 0 Å². The Hall–Kier alpha value is -1.08. The van der Waals surface area contributed by atoms with Gasteiger partial charge in [-0.25, -0.2) is 0 Å². The smallest absolute Gasteiger partial charge is 0.0105 e. The molecule has 0 aliphatic heterocycles. The first-order chi connectivity index (χ1) is 7.23. The molecule has 0 amide bonds. The Morgan fingerprint density at radius 2 is 1.69 bits per heavy atom. The van der Waals surface area contributed by atoms with Crippen LogP contribution in [0.4, 0.5) is 0 Å². The molecule has 0 aromatic heterocycles. The van der Waals surface area contributed by atoms with E-state index >= 15 is 0 Å². The van der Waals surface area contributed by atoms with Crippen LogP contribution in [-0.2, 0) is 0 Å². The zero-order valence-electron chi connectivity index (χ0n) is 11.1. The summed E-state index contributed by atoms with van der Waals surface area (Å²) in [5.74, 6) is 0. The van der Waals surface area contributed by atoms with Gasteiger partial charge >= 0.3 is 0 Å². The van der Waals surface area contributed by atoms with Gasteiger partial charge in [-0.1, -0.05) is 57.4 Å². The fourth-order valence-corrected chi connectivity index (χ4v) is 2.05. The van der Waals surface area contributed by atoms with Crippen LogP contribution < -0.4 is 5.73 Å². The molecule has 0 fully saturated rings. The highest BCUT2D eigenvalue weighted by molar-refractivity contribution is 5.29. The summed E-state index contributed by atoms with van der Waals surface area (Å²) in [4.78, 5) is 0. The van der Waals surface area contributed by atoms with E-state index in [2.05, 4.69) is 46.9 Å². The first kappa shape index (κ1) is 14.9. The summed E-state index contributed by atoms with van der Waals surface area (Å²) in [7, 11) is 0. The molecule has 0 spiro atoms. The Morgan fingerprint density at radius 3 is 2.06 bits per heavy atom. The van der Waals surface area contributed by atoms with Crippen LogP contribution in [0.25, 0.3) is 0 Å². The lowest BCUT2D eigenvalue weighted by Crippen LogP contribution is -2.37. The number of rotatable bonds is 6. The van der Waals surface area contributed by atoms with E-state index in [1.165, 1.54) is 5.57 Å². The van der Waals surface area contributed by atoms with Gasteiger partial charge in [0.1, 0.15) is 0 Å². The van der Waals surface area contributed by atoms with Crippen LogP contribution in [0.2, 0.25) is 0 Å². The molecule has 0 bridgehead atoms. The standard InChI is InChI=1S/C15H25N/c1-7-9-10-11-13(8-2)14(3,4)12-15(5,6)16/h7-11H,1-2,12,16H2,3-6H3/b10-9-,13-11+. The van der Waals surface area contributed by atoms with Crippen molar-refractivity contribution in [2.24, 2.45) is 11.1 Å². The minimum atomic E-state index is -0.173. The van der Waals surface area contributed by atoms with E-state index in [9.17, 15) is 0 Å². The van der Waals surface area contributed by atoms with Crippen molar-refractivity contribution >= 4 is 0 Å². The van der Waals surface area contributed by atoms with Crippen molar-refractivity contribution in [2.45, 2.75) is 39.7 Å². The van der Waals surface area contributed by atoms with Gasteiger partial charge in [0.25, 0.3) is 0 Å². The van der Waals surface area contributed by atoms with Gasteiger partial charge in [-0.2, -0.15) is 0 Å². The average molecular weight is 219 g/mol. The van der Waals surface area contributed by atoms with Crippen molar-refractivity contribution in [1.82, 2.24) is 0 Å². The first-order valence-corrected chi connectivity index (χ1v) is 5.64. The fourth-order valence-electron chi connectivity index (χ4n) is 2.05. The quantitative estimate of drug-likeness (QED) is 0.671. The van der Waals surface area contributed by atoms with Crippen molar-refractivity contribution in [3.8, 4) is 0 Å². The lowest BCUT2D eigenvalue weighted by molar-refractivity contribution is 0.312. The van der Waals surface area contributed by atoms with E-state index in [1.54, 1.807) is 6.08 Å². The topological polar surface area (TPSA) is 26.0 Å². The summed E-state index contributed by atoms with van der Waals surface area (Å²) in [6, 6.07) is 0. The van der Waals surface area contributed by atoms with Gasteiger partial charge < -0.3 is 5.73 Å². The molecule has 0 aliphatic carbocycles. The predicted octanol–water partition coefficient (Wildman–Crippen LogP) is 3.99. The minimum absolute atomic E-state index is 0.0332. The van der Waals surface area contributed by atoms with E-state index in [-0.39, 0.29) is 11.0 Å². The van der Waals surface area contributed by atoms with E-state index in [4.69, 9.17) is 5.73 Å². The van der Waals surface area contributed by atoms with Crippen LogP contribution in [0, 0.1) is 5.41 Å². The van der Waals surface area contributed by atoms with Gasteiger partial charge in [0.05, 0.1) is 0 Å². The number of allylic oxidation sites excluding steroid dienone is 6. The average Bonchev–Trinajstić information content (AvgIpc) is 2.08. The van der Waals surface area contributed by atoms with Crippen LogP contribution in [0.5, 0.6) is 0 Å². The fraction of sp³-hybridized carbons (Fsp3) is 0.467. The molecular weight excluding hydrogens is 194 g/mol. The molecule has 0 saturated heterocycles. The normalized spacial score (nSPS) is 14.2. The first-order valence-electron chi connectivity index (χ1n) is 5.64. The lowest BCUT2D eigenvalue weighted by atomic mass is 9.75. The van der Waals surface area contributed by atoms with Crippen molar-refractivity contribution in [3.63, 3.8) is 0 Å². The molecule has 2 N–H and O–H groups in total. The summed E-state index contributed by atoms with van der Waals surface area (Å²) >= 11 is 0. The molecule has 0 aliphatic rings. The highest BCUT2D eigenvalue weighted by Gasteiger charge is 2.27. The van der Waals surface area contributed by atoms with Gasteiger partial charge in [-0.3, -0.25) is 0 Å². The molecular formula is C15H25N. The van der Waals surface area contributed by atoms with Crippen molar-refractivity contribution in [2.75, 3.05) is 0 Å². The Labute approximate surface area is 100 Å². The third-order valence-electron chi connectivity index (χ3n) is 2.42. The molecule has 1 heteroatoms. The molecule has 0 aromatic rings. The van der Waals surface area contributed by atoms with Gasteiger partial charge in [0, 0.05) is 5.54 Å². The second kappa shape index (κ2) is 5.86. The Kier molecular flexibility index (Phi) is 5.46. The van der Waals surface area contributed by atoms with Gasteiger partial charge in [0.15, 0.2) is 0 Å². The van der Waals surface area contributed by atoms with Crippen LogP contribution >= 0.6 is 0 Å². The van der Waals surface area contributed by atoms with Crippen molar-refractivity contribution in [1.29, 1.82) is 0 Å². The largest absolute Gasteiger partial charge is 0.326 e. The minimum Gasteiger partial charge on any atom is -0.326 e. The SMILES string of the molecule is C=C/C=C\C=C(/C=C)C(C)(C)CC(C)(C)N. The molecule has 0 rings (SSSR count).